The second kappa shape index (κ2) is 8.20. The molecular weight excluding hydrogens is 435 g/mol. The Labute approximate surface area is 191 Å². The maximum absolute atomic E-state index is 13.4. The Bertz CT molecular complexity index is 976. The Morgan fingerprint density at radius 2 is 2.06 bits per heavy atom. The van der Waals surface area contributed by atoms with Crippen molar-refractivity contribution in [3.63, 3.8) is 0 Å². The average molecular weight is 463 g/mol. The van der Waals surface area contributed by atoms with E-state index in [1.54, 1.807) is 13.8 Å². The molecule has 0 heterocycles. The molecule has 4 N–H and O–H groups in total. The van der Waals surface area contributed by atoms with Gasteiger partial charge in [-0.3, -0.25) is 15.1 Å². The zero-order valence-corrected chi connectivity index (χ0v) is 18.9. The highest BCUT2D eigenvalue weighted by Gasteiger charge is 2.59. The number of nitrogens with zero attached hydrogens (tertiary/aromatic N) is 2. The Morgan fingerprint density at radius 1 is 1.41 bits per heavy atom. The quantitative estimate of drug-likeness (QED) is 0.256. The third-order valence-electron chi connectivity index (χ3n) is 7.48. The van der Waals surface area contributed by atoms with Gasteiger partial charge in [-0.2, -0.15) is 5.26 Å². The summed E-state index contributed by atoms with van der Waals surface area (Å²) in [6, 6.07) is 2.98. The Kier molecular flexibility index (Phi) is 5.84. The minimum absolute atomic E-state index is 0.0388. The average Bonchev–Trinajstić information content (AvgIpc) is 2.70. The molecule has 4 bridgehead atoms. The molecule has 1 aromatic rings. The van der Waals surface area contributed by atoms with Crippen molar-refractivity contribution in [1.82, 2.24) is 5.32 Å². The maximum Gasteiger partial charge on any atom is 0.321 e. The standard InChI is InChI=1S/C23H28ClFN4O3/c1-22(2,32-17-4-3-15(25)7-16(17)24)21(28-11-26)29-18-13-5-12-6-14(18)10-23(8-12,9-13)19(27)20(30)31/h3-4,7,12-14,18-19H,5-6,8-10,27H2,1-2H3,(H,28,29)(H,30,31)/t12?,13?,14?,18?,19-,23?/m1/s1. The molecule has 4 aliphatic rings. The molecule has 4 fully saturated rings. The van der Waals surface area contributed by atoms with Gasteiger partial charge < -0.3 is 15.6 Å². The maximum atomic E-state index is 13.4. The van der Waals surface area contributed by atoms with Crippen LogP contribution in [0, 0.1) is 40.4 Å². The van der Waals surface area contributed by atoms with E-state index in [1.165, 1.54) is 18.2 Å². The van der Waals surface area contributed by atoms with Gasteiger partial charge in [0.05, 0.1) is 11.1 Å². The minimum Gasteiger partial charge on any atom is -0.480 e. The van der Waals surface area contributed by atoms with Crippen LogP contribution in [0.1, 0.15) is 46.0 Å². The molecule has 0 aliphatic heterocycles. The summed E-state index contributed by atoms with van der Waals surface area (Å²) >= 11 is 6.13. The third-order valence-corrected chi connectivity index (χ3v) is 7.77. The van der Waals surface area contributed by atoms with Crippen molar-refractivity contribution in [2.75, 3.05) is 0 Å². The van der Waals surface area contributed by atoms with Gasteiger partial charge in [0.25, 0.3) is 0 Å². The van der Waals surface area contributed by atoms with Crippen molar-refractivity contribution in [2.24, 2.45) is 33.9 Å². The van der Waals surface area contributed by atoms with E-state index in [9.17, 15) is 19.6 Å². The van der Waals surface area contributed by atoms with Crippen molar-refractivity contribution in [2.45, 2.75) is 63.6 Å². The molecule has 5 rings (SSSR count). The number of carboxylic acid groups (broad SMARTS) is 1. The van der Waals surface area contributed by atoms with Gasteiger partial charge >= 0.3 is 5.97 Å². The fourth-order valence-electron chi connectivity index (χ4n) is 6.34. The van der Waals surface area contributed by atoms with Gasteiger partial charge in [-0.25, -0.2) is 4.39 Å². The van der Waals surface area contributed by atoms with Crippen LogP contribution in [0.25, 0.3) is 0 Å². The van der Waals surface area contributed by atoms with Crippen molar-refractivity contribution < 1.29 is 19.0 Å². The first kappa shape index (κ1) is 22.8. The largest absolute Gasteiger partial charge is 0.480 e. The number of benzene rings is 1. The zero-order chi connectivity index (χ0) is 23.3. The molecule has 0 radical (unpaired) electrons. The van der Waals surface area contributed by atoms with Crippen LogP contribution in [0.5, 0.6) is 5.75 Å². The first-order valence-electron chi connectivity index (χ1n) is 10.9. The summed E-state index contributed by atoms with van der Waals surface area (Å²) in [4.78, 5) is 16.6. The van der Waals surface area contributed by atoms with Gasteiger partial charge in [0.15, 0.2) is 17.6 Å². The van der Waals surface area contributed by atoms with Crippen LogP contribution in [-0.4, -0.2) is 34.6 Å². The summed E-state index contributed by atoms with van der Waals surface area (Å²) in [5.41, 5.74) is 4.74. The van der Waals surface area contributed by atoms with Crippen molar-refractivity contribution >= 4 is 23.4 Å². The SMILES string of the molecule is CC(C)(Oc1ccc(F)cc1Cl)C(=NC1C2CC3CC1CC([C@H](N)C(=O)O)(C3)C2)NC#N. The summed E-state index contributed by atoms with van der Waals surface area (Å²) in [6.07, 6.45) is 6.25. The zero-order valence-electron chi connectivity index (χ0n) is 18.1. The van der Waals surface area contributed by atoms with E-state index in [2.05, 4.69) is 5.32 Å². The second-order valence-corrected chi connectivity index (χ2v) is 10.4. The van der Waals surface area contributed by atoms with Crippen molar-refractivity contribution in [1.29, 1.82) is 5.26 Å². The second-order valence-electron chi connectivity index (χ2n) is 10.0. The number of carboxylic acids is 1. The number of nitrogens with two attached hydrogens (primary N) is 1. The van der Waals surface area contributed by atoms with Crippen LogP contribution in [-0.2, 0) is 4.79 Å². The molecule has 0 amide bonds. The number of aliphatic imine (C=N–C) groups is 1. The molecule has 32 heavy (non-hydrogen) atoms. The molecule has 0 spiro atoms. The predicted molar refractivity (Wildman–Crippen MR) is 118 cm³/mol. The number of rotatable bonds is 6. The topological polar surface area (TPSA) is 121 Å². The van der Waals surface area contributed by atoms with Crippen LogP contribution in [0.4, 0.5) is 4.39 Å². The normalized spacial score (nSPS) is 32.3. The summed E-state index contributed by atoms with van der Waals surface area (Å²) < 4.78 is 19.5. The summed E-state index contributed by atoms with van der Waals surface area (Å²) in [7, 11) is 0. The first-order chi connectivity index (χ1) is 15.0. The molecule has 2 unspecified atom stereocenters. The van der Waals surface area contributed by atoms with E-state index >= 15 is 0 Å². The number of hydrogen-bond acceptors (Lipinski definition) is 5. The number of nitrogens with one attached hydrogen (secondary N) is 1. The van der Waals surface area contributed by atoms with Crippen molar-refractivity contribution in [3.05, 3.63) is 29.0 Å². The molecule has 3 atom stereocenters. The lowest BCUT2D eigenvalue weighted by molar-refractivity contribution is -0.150. The van der Waals surface area contributed by atoms with Gasteiger partial charge in [-0.05, 0) is 87.3 Å². The summed E-state index contributed by atoms with van der Waals surface area (Å²) in [5.74, 6) is 0.158. The highest BCUT2D eigenvalue weighted by molar-refractivity contribution is 6.32. The number of amidine groups is 1. The minimum atomic E-state index is -1.03. The van der Waals surface area contributed by atoms with E-state index < -0.39 is 23.4 Å². The first-order valence-corrected chi connectivity index (χ1v) is 11.3. The molecule has 172 valence electrons. The van der Waals surface area contributed by atoms with E-state index in [4.69, 9.17) is 27.1 Å². The van der Waals surface area contributed by atoms with Crippen molar-refractivity contribution in [3.8, 4) is 11.9 Å². The summed E-state index contributed by atoms with van der Waals surface area (Å²) in [6.45, 7) is 3.54. The van der Waals surface area contributed by atoms with Gasteiger partial charge in [0, 0.05) is 0 Å². The lowest BCUT2D eigenvalue weighted by Crippen LogP contribution is -2.61. The smallest absolute Gasteiger partial charge is 0.321 e. The van der Waals surface area contributed by atoms with E-state index in [0.29, 0.717) is 17.5 Å². The number of nitriles is 1. The molecule has 1 aromatic carbocycles. The third kappa shape index (κ3) is 4.04. The van der Waals surface area contributed by atoms with E-state index in [0.717, 1.165) is 32.1 Å². The summed E-state index contributed by atoms with van der Waals surface area (Å²) in [5, 5.41) is 21.7. The molecule has 0 saturated heterocycles. The highest BCUT2D eigenvalue weighted by Crippen LogP contribution is 2.61. The monoisotopic (exact) mass is 462 g/mol. The van der Waals surface area contributed by atoms with Crippen LogP contribution < -0.4 is 15.8 Å². The van der Waals surface area contributed by atoms with E-state index in [1.807, 2.05) is 6.19 Å². The molecule has 4 aliphatic carbocycles. The molecule has 4 saturated carbocycles. The predicted octanol–water partition coefficient (Wildman–Crippen LogP) is 3.71. The van der Waals surface area contributed by atoms with E-state index in [-0.39, 0.29) is 28.3 Å². The van der Waals surface area contributed by atoms with Crippen LogP contribution >= 0.6 is 11.6 Å². The molecule has 9 heteroatoms. The number of hydrogen-bond donors (Lipinski definition) is 3. The fourth-order valence-corrected chi connectivity index (χ4v) is 6.54. The van der Waals surface area contributed by atoms with Crippen LogP contribution in [0.3, 0.4) is 0 Å². The van der Waals surface area contributed by atoms with Gasteiger partial charge in [-0.1, -0.05) is 11.6 Å². The number of carbonyl (C=O) groups is 1. The lowest BCUT2D eigenvalue weighted by atomic mass is 9.46. The lowest BCUT2D eigenvalue weighted by Gasteiger charge is -2.60. The van der Waals surface area contributed by atoms with Crippen LogP contribution in [0.2, 0.25) is 5.02 Å². The highest BCUT2D eigenvalue weighted by atomic mass is 35.5. The number of ether oxygens (including phenoxy) is 1. The fraction of sp³-hybridized carbons (Fsp3) is 0.609. The van der Waals surface area contributed by atoms with Gasteiger partial charge in [-0.15, -0.1) is 0 Å². The Morgan fingerprint density at radius 3 is 2.62 bits per heavy atom. The molecular formula is C23H28ClFN4O3. The number of aliphatic carboxylic acids is 1. The van der Waals surface area contributed by atoms with Gasteiger partial charge in [0.1, 0.15) is 17.6 Å². The van der Waals surface area contributed by atoms with Crippen LogP contribution in [0.15, 0.2) is 23.2 Å². The molecule has 0 aromatic heterocycles. The van der Waals surface area contributed by atoms with Gasteiger partial charge in [0.2, 0.25) is 0 Å². The molecule has 7 nitrogen and oxygen atoms in total. The Balaban J connectivity index is 1.61. The Hall–Kier alpha value is -2.37. The number of halogens is 2.